The number of hydrogen-bond acceptors (Lipinski definition) is 5. The zero-order chi connectivity index (χ0) is 13.8. The fourth-order valence-electron chi connectivity index (χ4n) is 2.43. The van der Waals surface area contributed by atoms with Crippen LogP contribution in [0.5, 0.6) is 0 Å². The van der Waals surface area contributed by atoms with E-state index in [9.17, 15) is 4.79 Å². The molecule has 0 saturated heterocycles. The maximum absolute atomic E-state index is 12.0. The van der Waals surface area contributed by atoms with Crippen LogP contribution in [0.15, 0.2) is 0 Å². The largest absolute Gasteiger partial charge is 0.465 e. The van der Waals surface area contributed by atoms with Gasteiger partial charge in [0.2, 0.25) is 0 Å². The maximum Gasteiger partial charge on any atom is 0.341 e. The van der Waals surface area contributed by atoms with Crippen LogP contribution in [0.2, 0.25) is 0 Å². The number of carbonyl (C=O) groups is 1. The SMILES string of the molecule is CCC(CC)Nc1sc2c(c1C(=O)OC)CCNC2. The first-order valence-electron chi connectivity index (χ1n) is 6.91. The third-order valence-electron chi connectivity index (χ3n) is 3.64. The topological polar surface area (TPSA) is 50.4 Å². The van der Waals surface area contributed by atoms with Gasteiger partial charge in [0, 0.05) is 17.5 Å². The van der Waals surface area contributed by atoms with E-state index >= 15 is 0 Å². The van der Waals surface area contributed by atoms with Gasteiger partial charge in [0.05, 0.1) is 12.7 Å². The smallest absolute Gasteiger partial charge is 0.341 e. The Kier molecular flexibility index (Phi) is 4.82. The van der Waals surface area contributed by atoms with Crippen LogP contribution < -0.4 is 10.6 Å². The van der Waals surface area contributed by atoms with E-state index in [1.165, 1.54) is 17.6 Å². The van der Waals surface area contributed by atoms with Crippen LogP contribution in [0.4, 0.5) is 5.00 Å². The predicted molar refractivity (Wildman–Crippen MR) is 79.1 cm³/mol. The summed E-state index contributed by atoms with van der Waals surface area (Å²) in [5.41, 5.74) is 1.93. The lowest BCUT2D eigenvalue weighted by Gasteiger charge is -2.16. The molecule has 1 aliphatic rings. The maximum atomic E-state index is 12.0. The molecule has 2 rings (SSSR count). The quantitative estimate of drug-likeness (QED) is 0.815. The van der Waals surface area contributed by atoms with Crippen molar-refractivity contribution in [2.45, 2.75) is 45.7 Å². The third kappa shape index (κ3) is 2.92. The zero-order valence-electron chi connectivity index (χ0n) is 11.8. The summed E-state index contributed by atoms with van der Waals surface area (Å²) in [5.74, 6) is -0.215. The molecule has 0 bridgehead atoms. The van der Waals surface area contributed by atoms with E-state index in [0.717, 1.165) is 42.9 Å². The molecule has 1 aromatic heterocycles. The molecule has 1 aromatic rings. The van der Waals surface area contributed by atoms with Crippen molar-refractivity contribution in [1.29, 1.82) is 0 Å². The molecule has 1 aliphatic heterocycles. The number of ether oxygens (including phenoxy) is 1. The van der Waals surface area contributed by atoms with Crippen LogP contribution in [0.3, 0.4) is 0 Å². The Labute approximate surface area is 118 Å². The summed E-state index contributed by atoms with van der Waals surface area (Å²) in [6, 6.07) is 0.413. The molecule has 2 heterocycles. The van der Waals surface area contributed by atoms with Gasteiger partial charge in [-0.15, -0.1) is 11.3 Å². The molecular formula is C14H22N2O2S. The predicted octanol–water partition coefficient (Wildman–Crippen LogP) is 2.78. The van der Waals surface area contributed by atoms with E-state index in [1.807, 2.05) is 0 Å². The highest BCUT2D eigenvalue weighted by atomic mass is 32.1. The standard InChI is InChI=1S/C14H22N2O2S/c1-4-9(5-2)16-13-12(14(17)18-3)10-6-7-15-8-11(10)19-13/h9,15-16H,4-8H2,1-3H3. The number of esters is 1. The summed E-state index contributed by atoms with van der Waals surface area (Å²) < 4.78 is 4.96. The highest BCUT2D eigenvalue weighted by Crippen LogP contribution is 2.36. The lowest BCUT2D eigenvalue weighted by atomic mass is 10.0. The molecule has 0 aromatic carbocycles. The molecule has 0 unspecified atom stereocenters. The number of thiophene rings is 1. The van der Waals surface area contributed by atoms with Gasteiger partial charge in [0.25, 0.3) is 0 Å². The number of hydrogen-bond donors (Lipinski definition) is 2. The summed E-state index contributed by atoms with van der Waals surface area (Å²) in [6.07, 6.45) is 3.01. The molecule has 0 saturated carbocycles. The number of anilines is 1. The van der Waals surface area contributed by atoms with Crippen molar-refractivity contribution in [2.75, 3.05) is 19.0 Å². The summed E-state index contributed by atoms with van der Waals surface area (Å²) >= 11 is 1.69. The highest BCUT2D eigenvalue weighted by molar-refractivity contribution is 7.16. The van der Waals surface area contributed by atoms with Crippen LogP contribution in [0.1, 0.15) is 47.5 Å². The van der Waals surface area contributed by atoms with E-state index in [4.69, 9.17) is 4.74 Å². The number of rotatable bonds is 5. The number of methoxy groups -OCH3 is 1. The van der Waals surface area contributed by atoms with Gasteiger partial charge < -0.3 is 15.4 Å². The first kappa shape index (κ1) is 14.3. The Bertz CT molecular complexity index is 453. The highest BCUT2D eigenvalue weighted by Gasteiger charge is 2.26. The molecule has 106 valence electrons. The average molecular weight is 282 g/mol. The van der Waals surface area contributed by atoms with Crippen LogP contribution in [0, 0.1) is 0 Å². The van der Waals surface area contributed by atoms with Crippen molar-refractivity contribution in [3.05, 3.63) is 16.0 Å². The fraction of sp³-hybridized carbons (Fsp3) is 0.643. The number of nitrogens with one attached hydrogen (secondary N) is 2. The molecule has 0 aliphatic carbocycles. The van der Waals surface area contributed by atoms with Crippen molar-refractivity contribution in [3.63, 3.8) is 0 Å². The first-order chi connectivity index (χ1) is 9.21. The molecular weight excluding hydrogens is 260 g/mol. The Morgan fingerprint density at radius 2 is 2.21 bits per heavy atom. The summed E-state index contributed by atoms with van der Waals surface area (Å²) in [5, 5.41) is 7.84. The van der Waals surface area contributed by atoms with Gasteiger partial charge in [-0.2, -0.15) is 0 Å². The number of fused-ring (bicyclic) bond motifs is 1. The molecule has 0 radical (unpaired) electrons. The second-order valence-corrected chi connectivity index (χ2v) is 5.89. The molecule has 0 amide bonds. The van der Waals surface area contributed by atoms with Gasteiger partial charge in [0.1, 0.15) is 5.00 Å². The average Bonchev–Trinajstić information content (AvgIpc) is 2.81. The Morgan fingerprint density at radius 3 is 2.84 bits per heavy atom. The molecule has 19 heavy (non-hydrogen) atoms. The van der Waals surface area contributed by atoms with Crippen molar-refractivity contribution >= 4 is 22.3 Å². The van der Waals surface area contributed by atoms with Crippen LogP contribution >= 0.6 is 11.3 Å². The first-order valence-corrected chi connectivity index (χ1v) is 7.72. The molecule has 4 nitrogen and oxygen atoms in total. The van der Waals surface area contributed by atoms with E-state index in [0.29, 0.717) is 6.04 Å². The number of carbonyl (C=O) groups excluding carboxylic acids is 1. The van der Waals surface area contributed by atoms with Crippen molar-refractivity contribution in [3.8, 4) is 0 Å². The second-order valence-electron chi connectivity index (χ2n) is 4.78. The lowest BCUT2D eigenvalue weighted by Crippen LogP contribution is -2.23. The normalized spacial score (nSPS) is 14.3. The van der Waals surface area contributed by atoms with Gasteiger partial charge in [-0.25, -0.2) is 4.79 Å². The van der Waals surface area contributed by atoms with Gasteiger partial charge in [0.15, 0.2) is 0 Å². The second kappa shape index (κ2) is 6.39. The molecule has 0 atom stereocenters. The zero-order valence-corrected chi connectivity index (χ0v) is 12.7. The minimum Gasteiger partial charge on any atom is -0.465 e. The van der Waals surface area contributed by atoms with Crippen LogP contribution in [-0.4, -0.2) is 25.7 Å². The van der Waals surface area contributed by atoms with Gasteiger partial charge in [-0.1, -0.05) is 13.8 Å². The molecule has 0 fully saturated rings. The van der Waals surface area contributed by atoms with Gasteiger partial charge in [-0.05, 0) is 31.4 Å². The van der Waals surface area contributed by atoms with E-state index in [1.54, 1.807) is 11.3 Å². The van der Waals surface area contributed by atoms with E-state index in [-0.39, 0.29) is 5.97 Å². The minimum absolute atomic E-state index is 0.215. The van der Waals surface area contributed by atoms with Gasteiger partial charge >= 0.3 is 5.97 Å². The van der Waals surface area contributed by atoms with Crippen LogP contribution in [-0.2, 0) is 17.7 Å². The van der Waals surface area contributed by atoms with E-state index in [2.05, 4.69) is 24.5 Å². The Balaban J connectivity index is 2.35. The Hall–Kier alpha value is -1.07. The molecule has 0 spiro atoms. The molecule has 5 heteroatoms. The molecule has 2 N–H and O–H groups in total. The van der Waals surface area contributed by atoms with Crippen LogP contribution in [0.25, 0.3) is 0 Å². The minimum atomic E-state index is -0.215. The summed E-state index contributed by atoms with van der Waals surface area (Å²) in [4.78, 5) is 13.3. The van der Waals surface area contributed by atoms with Crippen molar-refractivity contribution < 1.29 is 9.53 Å². The monoisotopic (exact) mass is 282 g/mol. The van der Waals surface area contributed by atoms with Crippen molar-refractivity contribution in [1.82, 2.24) is 5.32 Å². The lowest BCUT2D eigenvalue weighted by molar-refractivity contribution is 0.0601. The summed E-state index contributed by atoms with van der Waals surface area (Å²) in [6.45, 7) is 6.11. The van der Waals surface area contributed by atoms with E-state index < -0.39 is 0 Å². The Morgan fingerprint density at radius 1 is 1.47 bits per heavy atom. The van der Waals surface area contributed by atoms with Crippen molar-refractivity contribution in [2.24, 2.45) is 0 Å². The fourth-order valence-corrected chi connectivity index (χ4v) is 3.71. The summed E-state index contributed by atoms with van der Waals surface area (Å²) in [7, 11) is 1.45. The third-order valence-corrected chi connectivity index (χ3v) is 4.80. The van der Waals surface area contributed by atoms with Gasteiger partial charge in [-0.3, -0.25) is 0 Å².